The molecule has 0 aliphatic carbocycles. The summed E-state index contributed by atoms with van der Waals surface area (Å²) >= 11 is 3.16. The molecule has 0 amide bonds. The number of rotatable bonds is 1. The minimum atomic E-state index is -0.471. The number of alkyl halides is 1. The van der Waals surface area contributed by atoms with Crippen LogP contribution >= 0.6 is 15.9 Å². The van der Waals surface area contributed by atoms with E-state index in [2.05, 4.69) is 32.8 Å². The third-order valence-electron chi connectivity index (χ3n) is 1.55. The van der Waals surface area contributed by atoms with Crippen molar-refractivity contribution in [1.82, 2.24) is 4.98 Å². The number of hydrogen-bond acceptors (Lipinski definition) is 3. The standard InChI is InChI=1S/C9H7BrN2O2/c1-7-5-8(12(13)14)6-11-9(7)3-2-4-10/h5-6H,4H2,1H3. The van der Waals surface area contributed by atoms with Gasteiger partial charge in [-0.1, -0.05) is 21.9 Å². The Morgan fingerprint density at radius 2 is 2.43 bits per heavy atom. The highest BCUT2D eigenvalue weighted by atomic mass is 79.9. The molecule has 1 aromatic heterocycles. The molecular weight excluding hydrogens is 248 g/mol. The van der Waals surface area contributed by atoms with Crippen molar-refractivity contribution in [2.45, 2.75) is 6.92 Å². The molecule has 5 heteroatoms. The molecule has 14 heavy (non-hydrogen) atoms. The monoisotopic (exact) mass is 254 g/mol. The number of nitro groups is 1. The Balaban J connectivity index is 3.07. The molecule has 0 saturated heterocycles. The van der Waals surface area contributed by atoms with Gasteiger partial charge in [-0.3, -0.25) is 10.1 Å². The fourth-order valence-electron chi connectivity index (χ4n) is 0.908. The predicted molar refractivity (Wildman–Crippen MR) is 56.3 cm³/mol. The van der Waals surface area contributed by atoms with Crippen LogP contribution in [0.3, 0.4) is 0 Å². The predicted octanol–water partition coefficient (Wildman–Crippen LogP) is 2.04. The minimum absolute atomic E-state index is 0.00751. The molecule has 1 aromatic rings. The molecule has 1 rings (SSSR count). The van der Waals surface area contributed by atoms with Crippen molar-refractivity contribution < 1.29 is 4.92 Å². The Labute approximate surface area is 89.6 Å². The van der Waals surface area contributed by atoms with Gasteiger partial charge in [0.15, 0.2) is 0 Å². The topological polar surface area (TPSA) is 56.0 Å². The number of aryl methyl sites for hydroxylation is 1. The van der Waals surface area contributed by atoms with E-state index in [-0.39, 0.29) is 5.69 Å². The summed E-state index contributed by atoms with van der Waals surface area (Å²) < 4.78 is 0. The van der Waals surface area contributed by atoms with Gasteiger partial charge in [-0.25, -0.2) is 4.98 Å². The van der Waals surface area contributed by atoms with Crippen molar-refractivity contribution in [1.29, 1.82) is 0 Å². The number of halogens is 1. The van der Waals surface area contributed by atoms with Crippen LogP contribution in [0.4, 0.5) is 5.69 Å². The van der Waals surface area contributed by atoms with Crippen LogP contribution < -0.4 is 0 Å². The Morgan fingerprint density at radius 3 is 2.93 bits per heavy atom. The largest absolute Gasteiger partial charge is 0.287 e. The van der Waals surface area contributed by atoms with Gasteiger partial charge >= 0.3 is 0 Å². The van der Waals surface area contributed by atoms with Crippen LogP contribution in [0.1, 0.15) is 11.3 Å². The first kappa shape index (κ1) is 10.7. The molecule has 4 nitrogen and oxygen atoms in total. The van der Waals surface area contributed by atoms with Gasteiger partial charge in [0.25, 0.3) is 5.69 Å². The molecule has 0 aromatic carbocycles. The van der Waals surface area contributed by atoms with Crippen molar-refractivity contribution in [2.24, 2.45) is 0 Å². The third-order valence-corrected chi connectivity index (χ3v) is 1.83. The highest BCUT2D eigenvalue weighted by Crippen LogP contribution is 2.13. The normalized spacial score (nSPS) is 9.00. The van der Waals surface area contributed by atoms with E-state index in [4.69, 9.17) is 0 Å². The third kappa shape index (κ3) is 2.54. The number of nitrogens with zero attached hydrogens (tertiary/aromatic N) is 2. The van der Waals surface area contributed by atoms with Gasteiger partial charge in [0.1, 0.15) is 11.9 Å². The average Bonchev–Trinajstić information content (AvgIpc) is 2.15. The molecular formula is C9H7BrN2O2. The quantitative estimate of drug-likeness (QED) is 0.334. The zero-order chi connectivity index (χ0) is 10.6. The smallest absolute Gasteiger partial charge is 0.258 e. The van der Waals surface area contributed by atoms with Gasteiger partial charge in [0.05, 0.1) is 10.3 Å². The van der Waals surface area contributed by atoms with Crippen molar-refractivity contribution in [2.75, 3.05) is 5.33 Å². The van der Waals surface area contributed by atoms with Gasteiger partial charge in [0.2, 0.25) is 0 Å². The molecule has 72 valence electrons. The van der Waals surface area contributed by atoms with E-state index in [0.717, 1.165) is 0 Å². The van der Waals surface area contributed by atoms with E-state index < -0.39 is 4.92 Å². The summed E-state index contributed by atoms with van der Waals surface area (Å²) in [6.45, 7) is 1.75. The van der Waals surface area contributed by atoms with E-state index in [1.54, 1.807) is 6.92 Å². The van der Waals surface area contributed by atoms with E-state index in [9.17, 15) is 10.1 Å². The summed E-state index contributed by atoms with van der Waals surface area (Å²) in [6.07, 6.45) is 1.21. The maximum absolute atomic E-state index is 10.4. The molecule has 0 aliphatic heterocycles. The van der Waals surface area contributed by atoms with Crippen LogP contribution in [0.15, 0.2) is 12.3 Å². The molecule has 0 atom stereocenters. The molecule has 0 aliphatic rings. The Morgan fingerprint density at radius 1 is 1.71 bits per heavy atom. The van der Waals surface area contributed by atoms with Gasteiger partial charge in [-0.2, -0.15) is 0 Å². The minimum Gasteiger partial charge on any atom is -0.258 e. The summed E-state index contributed by atoms with van der Waals surface area (Å²) in [6, 6.07) is 1.46. The average molecular weight is 255 g/mol. The van der Waals surface area contributed by atoms with E-state index in [0.29, 0.717) is 16.6 Å². The summed E-state index contributed by atoms with van der Waals surface area (Å²) in [5.74, 6) is 5.59. The Bertz CT molecular complexity index is 421. The fourth-order valence-corrected chi connectivity index (χ4v) is 1.05. The number of aromatic nitrogens is 1. The highest BCUT2D eigenvalue weighted by molar-refractivity contribution is 9.09. The van der Waals surface area contributed by atoms with Gasteiger partial charge in [-0.05, 0) is 18.4 Å². The van der Waals surface area contributed by atoms with Crippen molar-refractivity contribution >= 4 is 21.6 Å². The molecule has 0 spiro atoms. The van der Waals surface area contributed by atoms with Crippen LogP contribution in [0.5, 0.6) is 0 Å². The first-order valence-corrected chi connectivity index (χ1v) is 4.93. The summed E-state index contributed by atoms with van der Waals surface area (Å²) in [5.41, 5.74) is 1.29. The first-order chi connectivity index (χ1) is 6.65. The lowest BCUT2D eigenvalue weighted by atomic mass is 10.2. The number of hydrogen-bond donors (Lipinski definition) is 0. The van der Waals surface area contributed by atoms with Crippen LogP contribution in [0.2, 0.25) is 0 Å². The second kappa shape index (κ2) is 4.72. The van der Waals surface area contributed by atoms with Crippen molar-refractivity contribution in [3.8, 4) is 11.8 Å². The van der Waals surface area contributed by atoms with Crippen LogP contribution in [0.25, 0.3) is 0 Å². The van der Waals surface area contributed by atoms with Crippen LogP contribution in [-0.2, 0) is 0 Å². The van der Waals surface area contributed by atoms with E-state index >= 15 is 0 Å². The molecule has 1 heterocycles. The molecule has 0 bridgehead atoms. The van der Waals surface area contributed by atoms with Gasteiger partial charge in [-0.15, -0.1) is 0 Å². The summed E-state index contributed by atoms with van der Waals surface area (Å²) in [5, 5.41) is 11.0. The van der Waals surface area contributed by atoms with Crippen LogP contribution in [-0.4, -0.2) is 15.2 Å². The number of pyridine rings is 1. The Kier molecular flexibility index (Phi) is 3.60. The second-order valence-electron chi connectivity index (χ2n) is 2.55. The van der Waals surface area contributed by atoms with Crippen LogP contribution in [0, 0.1) is 28.9 Å². The summed E-state index contributed by atoms with van der Waals surface area (Å²) in [4.78, 5) is 13.8. The maximum atomic E-state index is 10.4. The zero-order valence-electron chi connectivity index (χ0n) is 7.45. The van der Waals surface area contributed by atoms with E-state index in [1.165, 1.54) is 12.3 Å². The first-order valence-electron chi connectivity index (χ1n) is 3.81. The molecule has 0 N–H and O–H groups in total. The molecule has 0 radical (unpaired) electrons. The lowest BCUT2D eigenvalue weighted by Crippen LogP contribution is -1.93. The zero-order valence-corrected chi connectivity index (χ0v) is 9.04. The van der Waals surface area contributed by atoms with Crippen molar-refractivity contribution in [3.05, 3.63) is 33.6 Å². The second-order valence-corrected chi connectivity index (χ2v) is 3.11. The fraction of sp³-hybridized carbons (Fsp3) is 0.222. The summed E-state index contributed by atoms with van der Waals surface area (Å²) in [7, 11) is 0. The lowest BCUT2D eigenvalue weighted by Gasteiger charge is -1.96. The van der Waals surface area contributed by atoms with Gasteiger partial charge in [0, 0.05) is 6.07 Å². The van der Waals surface area contributed by atoms with Crippen molar-refractivity contribution in [3.63, 3.8) is 0 Å². The molecule has 0 unspecified atom stereocenters. The highest BCUT2D eigenvalue weighted by Gasteiger charge is 2.07. The van der Waals surface area contributed by atoms with Gasteiger partial charge < -0.3 is 0 Å². The maximum Gasteiger partial charge on any atom is 0.287 e. The SMILES string of the molecule is Cc1cc([N+](=O)[O-])cnc1C#CCBr. The lowest BCUT2D eigenvalue weighted by molar-refractivity contribution is -0.385. The molecule has 0 saturated carbocycles. The van der Waals surface area contributed by atoms with E-state index in [1.807, 2.05) is 0 Å². The molecule has 0 fully saturated rings. The Hall–Kier alpha value is -1.41.